The Hall–Kier alpha value is -5.18. The van der Waals surface area contributed by atoms with E-state index in [0.717, 1.165) is 69.2 Å². The Morgan fingerprint density at radius 1 is 0.959 bits per heavy atom. The first kappa shape index (κ1) is 52.7. The molecule has 4 saturated heterocycles. The van der Waals surface area contributed by atoms with Gasteiger partial charge in [-0.1, -0.05) is 73.6 Å². The van der Waals surface area contributed by atoms with Crippen LogP contribution in [0.1, 0.15) is 94.0 Å². The number of hydrogen-bond donors (Lipinski definition) is 3. The number of aliphatic hydroxyl groups is 1. The summed E-state index contributed by atoms with van der Waals surface area (Å²) in [6, 6.07) is 10.7. The molecule has 4 atom stereocenters. The molecule has 0 saturated carbocycles. The van der Waals surface area contributed by atoms with Crippen LogP contribution in [0.2, 0.25) is 5.02 Å². The maximum atomic E-state index is 14.4. The van der Waals surface area contributed by atoms with Gasteiger partial charge in [-0.2, -0.15) is 0 Å². The van der Waals surface area contributed by atoms with E-state index in [1.165, 1.54) is 16.7 Å². The lowest BCUT2D eigenvalue weighted by Crippen LogP contribution is -2.52. The number of likely N-dealkylation sites (tertiary alicyclic amines) is 1. The molecule has 0 bridgehead atoms. The van der Waals surface area contributed by atoms with E-state index in [2.05, 4.69) is 66.3 Å². The molecule has 4 fully saturated rings. The van der Waals surface area contributed by atoms with E-state index < -0.39 is 18.1 Å². The summed E-state index contributed by atoms with van der Waals surface area (Å²) in [7, 11) is 0. The van der Waals surface area contributed by atoms with Gasteiger partial charge in [0.2, 0.25) is 17.7 Å². The number of pyridine rings is 1. The lowest BCUT2D eigenvalue weighted by atomic mass is 9.80. The zero-order valence-corrected chi connectivity index (χ0v) is 45.0. The van der Waals surface area contributed by atoms with Gasteiger partial charge in [-0.05, 0) is 81.0 Å². The second-order valence-electron chi connectivity index (χ2n) is 20.9. The van der Waals surface area contributed by atoms with Gasteiger partial charge in [0.15, 0.2) is 0 Å². The third-order valence-electron chi connectivity index (χ3n) is 15.4. The predicted octanol–water partition coefficient (Wildman–Crippen LogP) is 6.98. The number of aliphatic hydroxyl groups excluding tert-OH is 1. The number of nitrogens with one attached hydrogen (secondary N) is 1. The van der Waals surface area contributed by atoms with Crippen LogP contribution in [0, 0.1) is 31.1 Å². The Morgan fingerprint density at radius 3 is 2.33 bits per heavy atom. The van der Waals surface area contributed by atoms with Gasteiger partial charge in [-0.25, -0.2) is 19.9 Å². The normalized spacial score (nSPS) is 20.7. The van der Waals surface area contributed by atoms with Crippen LogP contribution >= 0.6 is 34.7 Å². The van der Waals surface area contributed by atoms with Crippen LogP contribution < -0.4 is 20.9 Å². The number of thiazole rings is 1. The van der Waals surface area contributed by atoms with Crippen LogP contribution in [-0.2, 0) is 14.4 Å². The molecule has 9 rings (SSSR count). The lowest BCUT2D eigenvalue weighted by molar-refractivity contribution is -0.141. The standard InChI is InChI=1S/C53H69ClN12O5S2/c1-33(2)46(42-26-34(3)61-71-42)52(70)66-30-39(67)27-41(66)50(68)60-40(36-6-8-37(9-7-36)48-35(4)59-32-72-48)13-17-62-22-24-65(25-23-62)51(69)38-11-18-64(19-12-38)49-47(54)43(10-16-56-49)73-45-29-57-44(28-58-45)63-20-14-53(5,31-55)15-21-63/h6-10,16,26,28-29,32-33,38-41,46,67H,11-15,17-25,27,30-31,55H2,1-5H3,(H,60,68)/t39-,40+,41+,46-/m1/s1. The van der Waals surface area contributed by atoms with Crippen molar-refractivity contribution in [2.45, 2.75) is 107 Å². The number of benzene rings is 1. The van der Waals surface area contributed by atoms with Crippen LogP contribution in [-0.4, -0.2) is 147 Å². The fraction of sp³-hybridized carbons (Fsp3) is 0.547. The monoisotopic (exact) mass is 1050 g/mol. The Kier molecular flexibility index (Phi) is 16.7. The van der Waals surface area contributed by atoms with Crippen LogP contribution in [0.5, 0.6) is 0 Å². The molecule has 0 spiro atoms. The fourth-order valence-electron chi connectivity index (χ4n) is 10.7. The van der Waals surface area contributed by atoms with E-state index in [4.69, 9.17) is 31.8 Å². The van der Waals surface area contributed by atoms with Gasteiger partial charge in [0.25, 0.3) is 0 Å². The quantitative estimate of drug-likeness (QED) is 0.0913. The van der Waals surface area contributed by atoms with Crippen molar-refractivity contribution in [3.63, 3.8) is 0 Å². The van der Waals surface area contributed by atoms with E-state index >= 15 is 0 Å². The molecule has 17 nitrogen and oxygen atoms in total. The molecule has 0 aliphatic carbocycles. The molecule has 4 aliphatic heterocycles. The largest absolute Gasteiger partial charge is 0.391 e. The number of amides is 3. The molecule has 1 aromatic carbocycles. The highest BCUT2D eigenvalue weighted by Crippen LogP contribution is 2.39. The second kappa shape index (κ2) is 23.2. The number of carbonyl (C=O) groups is 3. The van der Waals surface area contributed by atoms with E-state index in [9.17, 15) is 19.5 Å². The first-order chi connectivity index (χ1) is 35.2. The van der Waals surface area contributed by atoms with Crippen LogP contribution in [0.3, 0.4) is 0 Å². The maximum absolute atomic E-state index is 14.4. The molecule has 8 heterocycles. The number of piperazine rings is 1. The summed E-state index contributed by atoms with van der Waals surface area (Å²) >= 11 is 10.1. The minimum Gasteiger partial charge on any atom is -0.391 e. The third-order valence-corrected chi connectivity index (χ3v) is 17.8. The van der Waals surface area contributed by atoms with E-state index in [1.807, 2.05) is 50.4 Å². The van der Waals surface area contributed by atoms with Gasteiger partial charge < -0.3 is 40.3 Å². The second-order valence-corrected chi connectivity index (χ2v) is 23.2. The van der Waals surface area contributed by atoms with Crippen LogP contribution in [0.4, 0.5) is 11.6 Å². The number of carbonyl (C=O) groups excluding carboxylic acids is 3. The zero-order valence-electron chi connectivity index (χ0n) is 42.6. The SMILES string of the molecule is Cc1cc([C@H](C(=O)N2C[C@H](O)C[C@H]2C(=O)N[C@@H](CCN2CCN(C(=O)C3CCN(c4nccc(Sc5cnc(N6CCC(C)(CN)CC6)cn5)c4Cl)CC3)CC2)c2ccc(-c3scnc3C)cc2)C(C)C)on1. The average molecular weight is 1050 g/mol. The summed E-state index contributed by atoms with van der Waals surface area (Å²) < 4.78 is 5.55. The van der Waals surface area contributed by atoms with Crippen molar-refractivity contribution in [1.82, 2.24) is 45.1 Å². The van der Waals surface area contributed by atoms with Crippen LogP contribution in [0.25, 0.3) is 10.4 Å². The van der Waals surface area contributed by atoms with Crippen LogP contribution in [0.15, 0.2) is 74.9 Å². The highest BCUT2D eigenvalue weighted by molar-refractivity contribution is 7.99. The number of nitrogens with zero attached hydrogens (tertiary/aromatic N) is 10. The number of piperidine rings is 2. The van der Waals surface area contributed by atoms with Crippen molar-refractivity contribution in [2.24, 2.45) is 23.0 Å². The third kappa shape index (κ3) is 12.2. The minimum absolute atomic E-state index is 0.0596. The molecule has 3 amide bonds. The van der Waals surface area contributed by atoms with Gasteiger partial charge in [-0.15, -0.1) is 11.3 Å². The average Bonchev–Trinajstić information content (AvgIpc) is 4.15. The van der Waals surface area contributed by atoms with Crippen molar-refractivity contribution < 1.29 is 24.0 Å². The number of rotatable bonds is 16. The molecule has 5 aromatic rings. The minimum atomic E-state index is -0.850. The number of halogens is 1. The van der Waals surface area contributed by atoms with Gasteiger partial charge >= 0.3 is 0 Å². The summed E-state index contributed by atoms with van der Waals surface area (Å²) in [6.45, 7) is 17.2. The molecule has 0 unspecified atom stereocenters. The van der Waals surface area contributed by atoms with Crippen molar-refractivity contribution in [1.29, 1.82) is 0 Å². The molecule has 4 aromatic heterocycles. The molecular weight excluding hydrogens is 984 g/mol. The molecule has 0 radical (unpaired) electrons. The van der Waals surface area contributed by atoms with E-state index in [0.29, 0.717) is 88.1 Å². The van der Waals surface area contributed by atoms with Crippen molar-refractivity contribution in [3.05, 3.63) is 88.2 Å². The molecular formula is C53H69ClN12O5S2. The highest BCUT2D eigenvalue weighted by atomic mass is 35.5. The molecule has 20 heteroatoms. The number of aromatic nitrogens is 5. The first-order valence-electron chi connectivity index (χ1n) is 25.7. The van der Waals surface area contributed by atoms with E-state index in [-0.39, 0.29) is 54.0 Å². The smallest absolute Gasteiger partial charge is 0.243 e. The summed E-state index contributed by atoms with van der Waals surface area (Å²) in [5, 5.41) is 19.5. The van der Waals surface area contributed by atoms with E-state index in [1.54, 1.807) is 29.8 Å². The van der Waals surface area contributed by atoms with Crippen molar-refractivity contribution >= 4 is 64.1 Å². The fourth-order valence-corrected chi connectivity index (χ4v) is 12.6. The van der Waals surface area contributed by atoms with Gasteiger partial charge in [-0.3, -0.25) is 19.3 Å². The maximum Gasteiger partial charge on any atom is 0.243 e. The highest BCUT2D eigenvalue weighted by Gasteiger charge is 2.44. The Morgan fingerprint density at radius 2 is 1.70 bits per heavy atom. The summed E-state index contributed by atoms with van der Waals surface area (Å²) in [6.07, 6.45) is 8.83. The number of hydrogen-bond acceptors (Lipinski definition) is 16. The lowest BCUT2D eigenvalue weighted by Gasteiger charge is -2.39. The first-order valence-corrected chi connectivity index (χ1v) is 27.8. The van der Waals surface area contributed by atoms with Crippen molar-refractivity contribution in [2.75, 3.05) is 81.8 Å². The van der Waals surface area contributed by atoms with Crippen molar-refractivity contribution in [3.8, 4) is 10.4 Å². The zero-order chi connectivity index (χ0) is 51.4. The van der Waals surface area contributed by atoms with Gasteiger partial charge in [0.1, 0.15) is 34.4 Å². The number of nitrogens with two attached hydrogens (primary N) is 1. The Labute approximate surface area is 441 Å². The van der Waals surface area contributed by atoms with Gasteiger partial charge in [0.05, 0.1) is 51.3 Å². The number of anilines is 2. The summed E-state index contributed by atoms with van der Waals surface area (Å²) in [4.78, 5) is 73.4. The summed E-state index contributed by atoms with van der Waals surface area (Å²) in [5.74, 6) is 0.824. The van der Waals surface area contributed by atoms with Gasteiger partial charge in [0, 0.05) is 94.9 Å². The Balaban J connectivity index is 0.785. The summed E-state index contributed by atoms with van der Waals surface area (Å²) in [5.41, 5.74) is 11.7. The number of aryl methyl sites for hydroxylation is 2. The Bertz CT molecular complexity index is 2680. The molecule has 4 aliphatic rings. The molecule has 390 valence electrons. The predicted molar refractivity (Wildman–Crippen MR) is 285 cm³/mol. The topological polar surface area (TPSA) is 203 Å². The molecule has 4 N–H and O–H groups in total. The molecule has 73 heavy (non-hydrogen) atoms. The number of β-amino-alcohol motifs (C(OH)–C–C–N with tert-alkyl or cyclic N) is 1.